The average molecular weight is 871 g/mol. The largest absolute Gasteiger partial charge is 2.00 e. The van der Waals surface area contributed by atoms with E-state index < -0.39 is 0 Å². The molecule has 52 heavy (non-hydrogen) atoms. The van der Waals surface area contributed by atoms with Crippen LogP contribution in [0.4, 0.5) is 17.2 Å². The first kappa shape index (κ1) is 37.5. The molecule has 0 fully saturated rings. The van der Waals surface area contributed by atoms with E-state index in [0.717, 1.165) is 39.4 Å². The molecule has 0 bridgehead atoms. The van der Waals surface area contributed by atoms with E-state index in [9.17, 15) is 0 Å². The van der Waals surface area contributed by atoms with Crippen LogP contribution < -0.4 is 9.64 Å². The Balaban J connectivity index is 0.00000464. The Morgan fingerprint density at radius 2 is 1.52 bits per heavy atom. The SMILES string of the molecule is CC(C)C(C(C)C)[C@@H]1COC(c2[c-]c(Oc3[c-]c4c(cc3)C(C)(C)c3ccccc3N4c3cc(C(C)(C)C)ccn3)cc(-c3ccccc3)c2)=N1.[Pt+2]. The van der Waals surface area contributed by atoms with E-state index in [4.69, 9.17) is 19.5 Å². The zero-order valence-electron chi connectivity index (χ0n) is 31.7. The van der Waals surface area contributed by atoms with Crippen LogP contribution in [0, 0.1) is 29.9 Å². The minimum Gasteiger partial charge on any atom is -0.518 e. The maximum atomic E-state index is 6.71. The van der Waals surface area contributed by atoms with Gasteiger partial charge in [-0.15, -0.1) is 23.8 Å². The fourth-order valence-electron chi connectivity index (χ4n) is 7.93. The molecular formula is C46H49N3O2Pt. The van der Waals surface area contributed by atoms with Gasteiger partial charge in [-0.05, 0) is 63.5 Å². The number of aromatic nitrogens is 1. The van der Waals surface area contributed by atoms with Gasteiger partial charge in [-0.2, -0.15) is 6.07 Å². The Kier molecular flexibility index (Phi) is 10.6. The number of para-hydroxylation sites is 1. The maximum absolute atomic E-state index is 6.71. The number of nitrogens with zero attached hydrogens (tertiary/aromatic N) is 3. The van der Waals surface area contributed by atoms with Crippen molar-refractivity contribution in [2.75, 3.05) is 11.5 Å². The third kappa shape index (κ3) is 7.22. The molecule has 0 spiro atoms. The van der Waals surface area contributed by atoms with Gasteiger partial charge in [0, 0.05) is 23.4 Å². The summed E-state index contributed by atoms with van der Waals surface area (Å²) in [4.78, 5) is 12.3. The summed E-state index contributed by atoms with van der Waals surface area (Å²) in [6, 6.07) is 38.9. The first-order valence-electron chi connectivity index (χ1n) is 18.3. The molecule has 0 saturated heterocycles. The molecule has 0 unspecified atom stereocenters. The topological polar surface area (TPSA) is 47.0 Å². The van der Waals surface area contributed by atoms with Crippen molar-refractivity contribution in [1.82, 2.24) is 4.98 Å². The third-order valence-corrected chi connectivity index (χ3v) is 10.5. The van der Waals surface area contributed by atoms with Gasteiger partial charge in [0.1, 0.15) is 11.7 Å². The summed E-state index contributed by atoms with van der Waals surface area (Å²) in [7, 11) is 0. The minimum absolute atomic E-state index is 0. The quantitative estimate of drug-likeness (QED) is 0.146. The Hall–Kier alpha value is -4.21. The molecule has 6 heteroatoms. The van der Waals surface area contributed by atoms with E-state index in [-0.39, 0.29) is 37.9 Å². The smallest absolute Gasteiger partial charge is 0.518 e. The number of benzene rings is 4. The zero-order chi connectivity index (χ0) is 36.1. The van der Waals surface area contributed by atoms with Gasteiger partial charge in [0.05, 0.1) is 12.6 Å². The fourth-order valence-corrected chi connectivity index (χ4v) is 7.93. The molecule has 2 aliphatic heterocycles. The summed E-state index contributed by atoms with van der Waals surface area (Å²) in [5.41, 5.74) is 8.22. The Labute approximate surface area is 324 Å². The van der Waals surface area contributed by atoms with Crippen LogP contribution in [-0.2, 0) is 36.6 Å². The van der Waals surface area contributed by atoms with E-state index in [1.165, 1.54) is 11.1 Å². The van der Waals surface area contributed by atoms with Gasteiger partial charge in [0.25, 0.3) is 0 Å². The Morgan fingerprint density at radius 3 is 2.23 bits per heavy atom. The Morgan fingerprint density at radius 1 is 0.808 bits per heavy atom. The summed E-state index contributed by atoms with van der Waals surface area (Å²) in [5, 5.41) is 0. The number of ether oxygens (including phenoxy) is 2. The standard InChI is InChI=1S/C46H49N3O2.Pt/c1-29(2)43(30(3)4)39-28-50-44(48-39)33-23-32(31-15-11-10-12-16-31)24-36(25-33)51-35-19-20-38-41(27-35)49(40-18-14-13-17-37(40)46(38,8)9)42-26-34(21-22-47-42)45(5,6)7;/h10-24,26,29-30,39,43H,28H2,1-9H3;/q-2;+2/t39-;/m0./s1. The molecule has 1 atom stereocenters. The summed E-state index contributed by atoms with van der Waals surface area (Å²) in [5.74, 6) is 4.09. The third-order valence-electron chi connectivity index (χ3n) is 10.5. The van der Waals surface area contributed by atoms with E-state index in [0.29, 0.717) is 41.8 Å². The summed E-state index contributed by atoms with van der Waals surface area (Å²) in [6.07, 6.45) is 1.91. The number of anilines is 3. The number of fused-ring (bicyclic) bond motifs is 2. The molecule has 3 heterocycles. The van der Waals surface area contributed by atoms with Crippen LogP contribution in [0.1, 0.15) is 84.6 Å². The second kappa shape index (κ2) is 14.7. The van der Waals surface area contributed by atoms with E-state index >= 15 is 0 Å². The molecule has 2 aliphatic rings. The molecule has 0 aliphatic carbocycles. The zero-order valence-corrected chi connectivity index (χ0v) is 34.0. The Bertz CT molecular complexity index is 2070. The second-order valence-corrected chi connectivity index (χ2v) is 16.2. The van der Waals surface area contributed by atoms with Crippen molar-refractivity contribution in [3.05, 3.63) is 132 Å². The average Bonchev–Trinajstić information content (AvgIpc) is 3.57. The van der Waals surface area contributed by atoms with Crippen molar-refractivity contribution in [2.24, 2.45) is 22.7 Å². The molecular weight excluding hydrogens is 822 g/mol. The van der Waals surface area contributed by atoms with Crippen LogP contribution in [0.5, 0.6) is 11.5 Å². The first-order chi connectivity index (χ1) is 24.3. The maximum Gasteiger partial charge on any atom is 2.00 e. The van der Waals surface area contributed by atoms with Gasteiger partial charge in [-0.25, -0.2) is 4.98 Å². The normalized spacial score (nSPS) is 16.3. The predicted octanol–water partition coefficient (Wildman–Crippen LogP) is 11.6. The van der Waals surface area contributed by atoms with Crippen LogP contribution >= 0.6 is 0 Å². The van der Waals surface area contributed by atoms with E-state index in [1.54, 1.807) is 0 Å². The number of rotatable bonds is 8. The summed E-state index contributed by atoms with van der Waals surface area (Å²) in [6.45, 7) is 20.9. The number of hydrogen-bond acceptors (Lipinski definition) is 5. The first-order valence-corrected chi connectivity index (χ1v) is 18.3. The summed E-state index contributed by atoms with van der Waals surface area (Å²) >= 11 is 0. The number of pyridine rings is 1. The van der Waals surface area contributed by atoms with Crippen molar-refractivity contribution in [2.45, 2.75) is 79.2 Å². The van der Waals surface area contributed by atoms with E-state index in [2.05, 4.69) is 152 Å². The molecule has 0 N–H and O–H groups in total. The van der Waals surface area contributed by atoms with Crippen LogP contribution in [0.2, 0.25) is 0 Å². The molecule has 270 valence electrons. The fraction of sp³-hybridized carbons (Fsp3) is 0.348. The van der Waals surface area contributed by atoms with Gasteiger partial charge in [-0.1, -0.05) is 140 Å². The monoisotopic (exact) mass is 870 g/mol. The van der Waals surface area contributed by atoms with Crippen molar-refractivity contribution in [1.29, 1.82) is 0 Å². The molecule has 0 amide bonds. The minimum atomic E-state index is -0.260. The van der Waals surface area contributed by atoms with Gasteiger partial charge in [0.2, 0.25) is 0 Å². The second-order valence-electron chi connectivity index (χ2n) is 16.2. The molecule has 1 aromatic heterocycles. The van der Waals surface area contributed by atoms with Crippen LogP contribution in [0.25, 0.3) is 11.1 Å². The van der Waals surface area contributed by atoms with Crippen LogP contribution in [0.3, 0.4) is 0 Å². The molecule has 0 saturated carbocycles. The van der Waals surface area contributed by atoms with Gasteiger partial charge >= 0.3 is 21.1 Å². The van der Waals surface area contributed by atoms with Gasteiger partial charge < -0.3 is 14.4 Å². The molecule has 5 nitrogen and oxygen atoms in total. The molecule has 4 aromatic carbocycles. The van der Waals surface area contributed by atoms with Crippen molar-refractivity contribution >= 4 is 23.1 Å². The van der Waals surface area contributed by atoms with Crippen LogP contribution in [-0.4, -0.2) is 23.5 Å². The number of hydrogen-bond donors (Lipinski definition) is 0. The summed E-state index contributed by atoms with van der Waals surface area (Å²) < 4.78 is 13.0. The van der Waals surface area contributed by atoms with Gasteiger partial charge in [0.15, 0.2) is 0 Å². The van der Waals surface area contributed by atoms with Gasteiger partial charge in [-0.3, -0.25) is 4.99 Å². The van der Waals surface area contributed by atoms with Crippen molar-refractivity contribution in [3.8, 4) is 22.6 Å². The van der Waals surface area contributed by atoms with Crippen molar-refractivity contribution < 1.29 is 30.5 Å². The van der Waals surface area contributed by atoms with E-state index in [1.807, 2.05) is 24.4 Å². The number of aliphatic imine (C=N–C) groups is 1. The molecule has 0 radical (unpaired) electrons. The van der Waals surface area contributed by atoms with Crippen LogP contribution in [0.15, 0.2) is 102 Å². The van der Waals surface area contributed by atoms with Crippen molar-refractivity contribution in [3.63, 3.8) is 0 Å². The molecule has 7 rings (SSSR count). The predicted molar refractivity (Wildman–Crippen MR) is 209 cm³/mol. The molecule has 5 aromatic rings.